The van der Waals surface area contributed by atoms with Gasteiger partial charge in [0, 0.05) is 17.3 Å². The van der Waals surface area contributed by atoms with E-state index in [1.807, 2.05) is 38.1 Å². The van der Waals surface area contributed by atoms with Crippen molar-refractivity contribution >= 4 is 5.84 Å². The number of ether oxygens (including phenoxy) is 1. The molecule has 0 amide bonds. The van der Waals surface area contributed by atoms with Crippen LogP contribution in [0.1, 0.15) is 16.8 Å². The predicted molar refractivity (Wildman–Crippen MR) is 72.7 cm³/mol. The van der Waals surface area contributed by atoms with Gasteiger partial charge in [-0.15, -0.1) is 0 Å². The van der Waals surface area contributed by atoms with E-state index >= 15 is 0 Å². The molecule has 0 spiro atoms. The molecule has 0 atom stereocenters. The van der Waals surface area contributed by atoms with Gasteiger partial charge in [0.15, 0.2) is 5.84 Å². The van der Waals surface area contributed by atoms with Gasteiger partial charge in [-0.3, -0.25) is 0 Å². The number of pyridine rings is 1. The second-order valence-electron chi connectivity index (χ2n) is 4.24. The zero-order valence-electron chi connectivity index (χ0n) is 10.8. The minimum Gasteiger partial charge on any atom is -0.439 e. The van der Waals surface area contributed by atoms with E-state index < -0.39 is 0 Å². The van der Waals surface area contributed by atoms with Crippen LogP contribution >= 0.6 is 0 Å². The molecule has 3 N–H and O–H groups in total. The highest BCUT2D eigenvalue weighted by atomic mass is 16.5. The van der Waals surface area contributed by atoms with Crippen LogP contribution in [-0.4, -0.2) is 16.0 Å². The van der Waals surface area contributed by atoms with Crippen LogP contribution in [0.15, 0.2) is 41.6 Å². The van der Waals surface area contributed by atoms with E-state index in [0.717, 1.165) is 11.3 Å². The number of aromatic nitrogens is 1. The topological polar surface area (TPSA) is 80.7 Å². The Morgan fingerprint density at radius 2 is 2.05 bits per heavy atom. The molecule has 0 radical (unpaired) electrons. The van der Waals surface area contributed by atoms with E-state index in [1.165, 1.54) is 0 Å². The monoisotopic (exact) mass is 257 g/mol. The molecule has 1 aromatic carbocycles. The van der Waals surface area contributed by atoms with Crippen molar-refractivity contribution in [1.82, 2.24) is 4.98 Å². The van der Waals surface area contributed by atoms with Crippen LogP contribution in [0.5, 0.6) is 11.6 Å². The summed E-state index contributed by atoms with van der Waals surface area (Å²) >= 11 is 0. The first-order valence-electron chi connectivity index (χ1n) is 5.79. The molecule has 1 aromatic heterocycles. The van der Waals surface area contributed by atoms with Gasteiger partial charge in [-0.05, 0) is 37.6 Å². The van der Waals surface area contributed by atoms with E-state index in [9.17, 15) is 0 Å². The third-order valence-electron chi connectivity index (χ3n) is 2.55. The first kappa shape index (κ1) is 12.9. The van der Waals surface area contributed by atoms with Gasteiger partial charge in [0.2, 0.25) is 5.88 Å². The molecule has 2 rings (SSSR count). The summed E-state index contributed by atoms with van der Waals surface area (Å²) in [5.74, 6) is 1.13. The van der Waals surface area contributed by atoms with Crippen molar-refractivity contribution in [3.05, 3.63) is 53.2 Å². The summed E-state index contributed by atoms with van der Waals surface area (Å²) in [4.78, 5) is 4.26. The molecule has 19 heavy (non-hydrogen) atoms. The lowest BCUT2D eigenvalue weighted by molar-refractivity contribution is 0.318. The van der Waals surface area contributed by atoms with Crippen molar-refractivity contribution in [2.24, 2.45) is 10.9 Å². The van der Waals surface area contributed by atoms with Crippen LogP contribution in [-0.2, 0) is 0 Å². The van der Waals surface area contributed by atoms with Crippen molar-refractivity contribution < 1.29 is 9.94 Å². The van der Waals surface area contributed by atoms with Crippen molar-refractivity contribution in [3.63, 3.8) is 0 Å². The lowest BCUT2D eigenvalue weighted by Crippen LogP contribution is -2.13. The molecular weight excluding hydrogens is 242 g/mol. The van der Waals surface area contributed by atoms with Crippen LogP contribution in [0.4, 0.5) is 0 Å². The number of rotatable bonds is 3. The number of nitrogens with two attached hydrogens (primary N) is 1. The molecule has 1 heterocycles. The number of oxime groups is 1. The highest BCUT2D eigenvalue weighted by Crippen LogP contribution is 2.21. The van der Waals surface area contributed by atoms with Crippen LogP contribution in [0.3, 0.4) is 0 Å². The first-order valence-corrected chi connectivity index (χ1v) is 5.79. The Morgan fingerprint density at radius 3 is 2.74 bits per heavy atom. The second kappa shape index (κ2) is 5.39. The number of benzene rings is 1. The summed E-state index contributed by atoms with van der Waals surface area (Å²) in [5.41, 5.74) is 7.96. The maximum absolute atomic E-state index is 8.70. The van der Waals surface area contributed by atoms with Crippen LogP contribution in [0.2, 0.25) is 0 Å². The molecule has 5 nitrogen and oxygen atoms in total. The maximum Gasteiger partial charge on any atom is 0.220 e. The molecule has 2 aromatic rings. The van der Waals surface area contributed by atoms with Gasteiger partial charge < -0.3 is 15.7 Å². The summed E-state index contributed by atoms with van der Waals surface area (Å²) in [6.07, 6.45) is 0. The largest absolute Gasteiger partial charge is 0.439 e. The average molecular weight is 257 g/mol. The Labute approximate surface area is 111 Å². The van der Waals surface area contributed by atoms with Gasteiger partial charge in [0.1, 0.15) is 5.75 Å². The quantitative estimate of drug-likeness (QED) is 0.383. The van der Waals surface area contributed by atoms with Crippen molar-refractivity contribution in [3.8, 4) is 11.6 Å². The van der Waals surface area contributed by atoms with Gasteiger partial charge in [0.05, 0.1) is 0 Å². The van der Waals surface area contributed by atoms with Crippen LogP contribution in [0.25, 0.3) is 0 Å². The molecule has 0 aliphatic heterocycles. The summed E-state index contributed by atoms with van der Waals surface area (Å²) in [7, 11) is 0. The molecule has 0 aliphatic rings. The summed E-state index contributed by atoms with van der Waals surface area (Å²) in [6, 6.07) is 11.0. The molecule has 0 unspecified atom stereocenters. The Morgan fingerprint density at radius 1 is 1.26 bits per heavy atom. The molecule has 0 bridgehead atoms. The number of nitrogens with zero attached hydrogens (tertiary/aromatic N) is 2. The molecule has 0 saturated carbocycles. The highest BCUT2D eigenvalue weighted by Gasteiger charge is 2.06. The predicted octanol–water partition coefficient (Wildman–Crippen LogP) is 2.59. The van der Waals surface area contributed by atoms with Crippen LogP contribution < -0.4 is 10.5 Å². The minimum absolute atomic E-state index is 0.0274. The summed E-state index contributed by atoms with van der Waals surface area (Å²) < 4.78 is 5.67. The number of hydrogen-bond donors (Lipinski definition) is 2. The Balaban J connectivity index is 2.33. The minimum atomic E-state index is 0.0274. The number of amidine groups is 1. The maximum atomic E-state index is 8.70. The van der Waals surface area contributed by atoms with E-state index in [1.54, 1.807) is 12.1 Å². The van der Waals surface area contributed by atoms with E-state index in [2.05, 4.69) is 10.1 Å². The van der Waals surface area contributed by atoms with Gasteiger partial charge in [-0.25, -0.2) is 4.98 Å². The lowest BCUT2D eigenvalue weighted by Gasteiger charge is -2.08. The molecule has 0 fully saturated rings. The van der Waals surface area contributed by atoms with Gasteiger partial charge in [0.25, 0.3) is 0 Å². The fraction of sp³-hybridized carbons (Fsp3) is 0.143. The Hall–Kier alpha value is -2.56. The zero-order chi connectivity index (χ0) is 13.8. The molecular formula is C14H15N3O2. The lowest BCUT2D eigenvalue weighted by atomic mass is 10.2. The van der Waals surface area contributed by atoms with E-state index in [4.69, 9.17) is 15.7 Å². The first-order chi connectivity index (χ1) is 9.08. The Bertz CT molecular complexity index is 624. The van der Waals surface area contributed by atoms with E-state index in [-0.39, 0.29) is 5.84 Å². The van der Waals surface area contributed by atoms with Gasteiger partial charge in [-0.1, -0.05) is 17.3 Å². The molecule has 0 saturated heterocycles. The standard InChI is InChI=1S/C14H15N3O2/c1-9-4-3-5-12(6-9)19-13-8-11(14(15)17-18)7-10(2)16-13/h3-8,18H,1-2H3,(H2,15,17). The van der Waals surface area contributed by atoms with Crippen molar-refractivity contribution in [1.29, 1.82) is 0 Å². The number of hydrogen-bond acceptors (Lipinski definition) is 4. The summed E-state index contributed by atoms with van der Waals surface area (Å²) in [6.45, 7) is 3.80. The smallest absolute Gasteiger partial charge is 0.220 e. The second-order valence-corrected chi connectivity index (χ2v) is 4.24. The van der Waals surface area contributed by atoms with Gasteiger partial charge >= 0.3 is 0 Å². The SMILES string of the molecule is Cc1cccc(Oc2cc(/C(N)=N/O)cc(C)n2)c1. The van der Waals surface area contributed by atoms with Crippen molar-refractivity contribution in [2.75, 3.05) is 0 Å². The van der Waals surface area contributed by atoms with Crippen LogP contribution in [0, 0.1) is 13.8 Å². The third-order valence-corrected chi connectivity index (χ3v) is 2.55. The third kappa shape index (κ3) is 3.22. The molecule has 0 aliphatic carbocycles. The van der Waals surface area contributed by atoms with Gasteiger partial charge in [-0.2, -0.15) is 0 Å². The molecule has 98 valence electrons. The molecule has 5 heteroatoms. The normalized spacial score (nSPS) is 11.4. The van der Waals surface area contributed by atoms with E-state index in [0.29, 0.717) is 17.2 Å². The fourth-order valence-electron chi connectivity index (χ4n) is 1.70. The average Bonchev–Trinajstić information content (AvgIpc) is 2.37. The fourth-order valence-corrected chi connectivity index (χ4v) is 1.70. The zero-order valence-corrected chi connectivity index (χ0v) is 10.8. The summed E-state index contributed by atoms with van der Waals surface area (Å²) in [5, 5.41) is 11.7. The van der Waals surface area contributed by atoms with Crippen molar-refractivity contribution in [2.45, 2.75) is 13.8 Å². The Kier molecular flexibility index (Phi) is 3.66. The highest BCUT2D eigenvalue weighted by molar-refractivity contribution is 5.97. The number of aryl methyl sites for hydroxylation is 2.